The third kappa shape index (κ3) is 4.67. The minimum atomic E-state index is -4.50. The largest absolute Gasteiger partial charge is 0.466 e. The predicted octanol–water partition coefficient (Wildman–Crippen LogP) is 3.19. The number of carbonyl (C=O) groups is 1. The number of rotatable bonds is 5. The number of hydrogen-bond acceptors (Lipinski definition) is 4. The molecular formula is C14H15F3N2O2. The van der Waals surface area contributed by atoms with Crippen LogP contribution in [0.1, 0.15) is 25.0 Å². The lowest BCUT2D eigenvalue weighted by Crippen LogP contribution is -2.22. The van der Waals surface area contributed by atoms with Crippen molar-refractivity contribution in [3.05, 3.63) is 29.3 Å². The molecule has 0 amide bonds. The van der Waals surface area contributed by atoms with Gasteiger partial charge in [0.2, 0.25) is 0 Å². The number of benzene rings is 1. The van der Waals surface area contributed by atoms with E-state index in [0.717, 1.165) is 12.1 Å². The summed E-state index contributed by atoms with van der Waals surface area (Å²) in [5, 5.41) is 11.7. The number of nitrogens with zero attached hydrogens (tertiary/aromatic N) is 1. The number of nitrogens with one attached hydrogen (secondary N) is 1. The van der Waals surface area contributed by atoms with Crippen molar-refractivity contribution in [2.24, 2.45) is 5.92 Å². The van der Waals surface area contributed by atoms with Crippen molar-refractivity contribution < 1.29 is 22.7 Å². The van der Waals surface area contributed by atoms with Crippen LogP contribution in [0.15, 0.2) is 18.2 Å². The fourth-order valence-electron chi connectivity index (χ4n) is 1.60. The van der Waals surface area contributed by atoms with E-state index in [-0.39, 0.29) is 24.4 Å². The Kier molecular flexibility index (Phi) is 5.59. The summed E-state index contributed by atoms with van der Waals surface area (Å²) in [4.78, 5) is 11.4. The van der Waals surface area contributed by atoms with Crippen molar-refractivity contribution in [2.75, 3.05) is 18.5 Å². The van der Waals surface area contributed by atoms with Crippen LogP contribution in [0, 0.1) is 17.2 Å². The van der Waals surface area contributed by atoms with Crippen molar-refractivity contribution in [3.8, 4) is 6.07 Å². The van der Waals surface area contributed by atoms with Gasteiger partial charge < -0.3 is 10.1 Å². The number of alkyl halides is 3. The number of nitriles is 1. The number of ether oxygens (including phenoxy) is 1. The zero-order chi connectivity index (χ0) is 16.0. The fourth-order valence-corrected chi connectivity index (χ4v) is 1.60. The van der Waals surface area contributed by atoms with E-state index in [9.17, 15) is 18.0 Å². The second-order valence-corrected chi connectivity index (χ2v) is 4.40. The molecule has 0 aliphatic heterocycles. The molecule has 114 valence electrons. The van der Waals surface area contributed by atoms with E-state index in [2.05, 4.69) is 5.32 Å². The van der Waals surface area contributed by atoms with E-state index in [0.29, 0.717) is 0 Å². The van der Waals surface area contributed by atoms with E-state index in [1.807, 2.05) is 0 Å². The molecule has 0 spiro atoms. The zero-order valence-corrected chi connectivity index (χ0v) is 11.6. The first-order valence-corrected chi connectivity index (χ1v) is 6.31. The van der Waals surface area contributed by atoms with E-state index in [1.165, 1.54) is 6.07 Å². The van der Waals surface area contributed by atoms with Crippen LogP contribution < -0.4 is 5.32 Å². The smallest absolute Gasteiger partial charge is 0.416 e. The zero-order valence-electron chi connectivity index (χ0n) is 11.6. The van der Waals surface area contributed by atoms with Gasteiger partial charge in [0.15, 0.2) is 0 Å². The van der Waals surface area contributed by atoms with Crippen molar-refractivity contribution in [2.45, 2.75) is 20.0 Å². The molecule has 0 heterocycles. The van der Waals surface area contributed by atoms with E-state index < -0.39 is 23.6 Å². The maximum Gasteiger partial charge on any atom is 0.416 e. The van der Waals surface area contributed by atoms with Crippen LogP contribution >= 0.6 is 0 Å². The lowest BCUT2D eigenvalue weighted by atomic mass is 10.1. The highest BCUT2D eigenvalue weighted by molar-refractivity contribution is 5.73. The van der Waals surface area contributed by atoms with E-state index in [1.54, 1.807) is 19.9 Å². The molecule has 0 saturated heterocycles. The second-order valence-electron chi connectivity index (χ2n) is 4.40. The first kappa shape index (κ1) is 16.8. The van der Waals surface area contributed by atoms with E-state index in [4.69, 9.17) is 10.00 Å². The summed E-state index contributed by atoms with van der Waals surface area (Å²) in [7, 11) is 0. The molecule has 0 fully saturated rings. The average molecular weight is 300 g/mol. The molecule has 0 bridgehead atoms. The monoisotopic (exact) mass is 300 g/mol. The van der Waals surface area contributed by atoms with Crippen LogP contribution in [-0.2, 0) is 15.7 Å². The molecule has 0 saturated carbocycles. The molecule has 0 radical (unpaired) electrons. The molecule has 0 aliphatic rings. The Balaban J connectivity index is 2.81. The van der Waals surface area contributed by atoms with Crippen LogP contribution in [0.25, 0.3) is 0 Å². The molecular weight excluding hydrogens is 285 g/mol. The first-order valence-electron chi connectivity index (χ1n) is 6.31. The van der Waals surface area contributed by atoms with Crippen LogP contribution in [-0.4, -0.2) is 19.1 Å². The third-order valence-electron chi connectivity index (χ3n) is 2.76. The SMILES string of the molecule is CCOC(=O)C(C)CNc1ccc(C(F)(F)F)cc1C#N. The molecule has 4 nitrogen and oxygen atoms in total. The first-order chi connectivity index (χ1) is 9.79. The molecule has 0 aliphatic carbocycles. The number of halogens is 3. The molecule has 1 rings (SSSR count). The third-order valence-corrected chi connectivity index (χ3v) is 2.76. The van der Waals surface area contributed by atoms with Crippen LogP contribution in [0.3, 0.4) is 0 Å². The molecule has 0 aromatic heterocycles. The maximum absolute atomic E-state index is 12.5. The minimum Gasteiger partial charge on any atom is -0.466 e. The fraction of sp³-hybridized carbons (Fsp3) is 0.429. The Morgan fingerprint density at radius 1 is 1.48 bits per heavy atom. The van der Waals surface area contributed by atoms with Gasteiger partial charge in [0, 0.05) is 6.54 Å². The lowest BCUT2D eigenvalue weighted by Gasteiger charge is -2.14. The second kappa shape index (κ2) is 6.97. The summed E-state index contributed by atoms with van der Waals surface area (Å²) in [6.45, 7) is 3.73. The predicted molar refractivity (Wildman–Crippen MR) is 70.4 cm³/mol. The van der Waals surface area contributed by atoms with Crippen molar-refractivity contribution in [1.82, 2.24) is 0 Å². The van der Waals surface area contributed by atoms with Crippen molar-refractivity contribution >= 4 is 11.7 Å². The maximum atomic E-state index is 12.5. The average Bonchev–Trinajstić information content (AvgIpc) is 2.43. The van der Waals surface area contributed by atoms with Gasteiger partial charge in [0.1, 0.15) is 6.07 Å². The summed E-state index contributed by atoms with van der Waals surface area (Å²) in [6.07, 6.45) is -4.50. The Hall–Kier alpha value is -2.23. The molecule has 1 aromatic carbocycles. The van der Waals surface area contributed by atoms with E-state index >= 15 is 0 Å². The Morgan fingerprint density at radius 3 is 2.67 bits per heavy atom. The van der Waals surface area contributed by atoms with Crippen molar-refractivity contribution in [1.29, 1.82) is 5.26 Å². The lowest BCUT2D eigenvalue weighted by molar-refractivity contribution is -0.146. The van der Waals surface area contributed by atoms with Gasteiger partial charge >= 0.3 is 12.1 Å². The summed E-state index contributed by atoms with van der Waals surface area (Å²) in [6, 6.07) is 4.55. The van der Waals surface area contributed by atoms with Crippen LogP contribution in [0.2, 0.25) is 0 Å². The summed E-state index contributed by atoms with van der Waals surface area (Å²) >= 11 is 0. The molecule has 1 unspecified atom stereocenters. The topological polar surface area (TPSA) is 62.1 Å². The van der Waals surface area contributed by atoms with Crippen LogP contribution in [0.4, 0.5) is 18.9 Å². The van der Waals surface area contributed by atoms with Gasteiger partial charge in [-0.1, -0.05) is 6.92 Å². The molecule has 7 heteroatoms. The summed E-state index contributed by atoms with van der Waals surface area (Å²) < 4.78 is 42.5. The number of esters is 1. The van der Waals surface area contributed by atoms with Gasteiger partial charge in [0.25, 0.3) is 0 Å². The molecule has 1 aromatic rings. The molecule has 1 N–H and O–H groups in total. The number of carbonyl (C=O) groups excluding carboxylic acids is 1. The quantitative estimate of drug-likeness (QED) is 0.848. The molecule has 21 heavy (non-hydrogen) atoms. The standard InChI is InChI=1S/C14H15F3N2O2/c1-3-21-13(20)9(2)8-19-12-5-4-11(14(15,16)17)6-10(12)7-18/h4-6,9,19H,3,8H2,1-2H3. The highest BCUT2D eigenvalue weighted by Gasteiger charge is 2.31. The van der Waals surface area contributed by atoms with Gasteiger partial charge in [-0.05, 0) is 25.1 Å². The van der Waals surface area contributed by atoms with Gasteiger partial charge in [-0.25, -0.2) is 0 Å². The number of hydrogen-bond donors (Lipinski definition) is 1. The van der Waals surface area contributed by atoms with Crippen LogP contribution in [0.5, 0.6) is 0 Å². The Morgan fingerprint density at radius 2 is 2.14 bits per heavy atom. The van der Waals surface area contributed by atoms with Gasteiger partial charge in [-0.3, -0.25) is 4.79 Å². The van der Waals surface area contributed by atoms with Gasteiger partial charge in [-0.15, -0.1) is 0 Å². The normalized spacial score (nSPS) is 12.4. The van der Waals surface area contributed by atoms with Gasteiger partial charge in [0.05, 0.1) is 29.3 Å². The van der Waals surface area contributed by atoms with Gasteiger partial charge in [-0.2, -0.15) is 18.4 Å². The van der Waals surface area contributed by atoms with Crippen molar-refractivity contribution in [3.63, 3.8) is 0 Å². The summed E-state index contributed by atoms with van der Waals surface area (Å²) in [5.74, 6) is -0.880. The highest BCUT2D eigenvalue weighted by atomic mass is 19.4. The highest BCUT2D eigenvalue weighted by Crippen LogP contribution is 2.31. The molecule has 1 atom stereocenters. The number of anilines is 1. The Labute approximate surface area is 120 Å². The minimum absolute atomic E-state index is 0.124. The summed E-state index contributed by atoms with van der Waals surface area (Å²) in [5.41, 5.74) is -0.759. The Bertz CT molecular complexity index is 550.